The molecule has 5 nitrogen and oxygen atoms in total. The summed E-state index contributed by atoms with van der Waals surface area (Å²) >= 11 is 7.32. The molecular formula is C11H16ClN3O2S. The number of carbonyl (C=O) groups excluding carboxylic acids is 1. The second kappa shape index (κ2) is 6.24. The highest BCUT2D eigenvalue weighted by Crippen LogP contribution is 2.23. The van der Waals surface area contributed by atoms with Gasteiger partial charge in [0.2, 0.25) is 17.7 Å². The topological polar surface area (TPSA) is 64.1 Å². The van der Waals surface area contributed by atoms with Gasteiger partial charge in [0.05, 0.1) is 12.9 Å². The smallest absolute Gasteiger partial charge is 0.236 e. The molecule has 0 aliphatic heterocycles. The van der Waals surface area contributed by atoms with E-state index in [1.807, 2.05) is 20.8 Å². The van der Waals surface area contributed by atoms with Gasteiger partial charge in [-0.15, -0.1) is 11.8 Å². The van der Waals surface area contributed by atoms with Gasteiger partial charge in [-0.1, -0.05) is 32.4 Å². The molecule has 0 aromatic carbocycles. The predicted molar refractivity (Wildman–Crippen MR) is 74.4 cm³/mol. The largest absolute Gasteiger partial charge is 0.481 e. The summed E-state index contributed by atoms with van der Waals surface area (Å²) in [6.07, 6.45) is 0. The van der Waals surface area contributed by atoms with Crippen LogP contribution in [-0.4, -0.2) is 33.5 Å². The van der Waals surface area contributed by atoms with E-state index in [2.05, 4.69) is 15.3 Å². The third-order valence-electron chi connectivity index (χ3n) is 1.77. The lowest BCUT2D eigenvalue weighted by Gasteiger charge is -2.16. The number of hydrogen-bond donors (Lipinski definition) is 1. The van der Waals surface area contributed by atoms with Gasteiger partial charge in [-0.2, -0.15) is 4.98 Å². The minimum absolute atomic E-state index is 0.0320. The first-order chi connectivity index (χ1) is 8.30. The highest BCUT2D eigenvalue weighted by Gasteiger charge is 2.14. The van der Waals surface area contributed by atoms with Crippen LogP contribution in [0.2, 0.25) is 5.15 Å². The molecule has 1 aromatic heterocycles. The molecule has 0 aliphatic rings. The summed E-state index contributed by atoms with van der Waals surface area (Å²) in [5, 5.41) is 2.81. The molecule has 0 saturated heterocycles. The number of rotatable bonds is 4. The summed E-state index contributed by atoms with van der Waals surface area (Å²) in [4.78, 5) is 19.6. The highest BCUT2D eigenvalue weighted by atomic mass is 35.5. The molecule has 0 spiro atoms. The number of halogens is 1. The normalized spacial score (nSPS) is 11.2. The summed E-state index contributed by atoms with van der Waals surface area (Å²) < 4.78 is 4.97. The summed E-state index contributed by atoms with van der Waals surface area (Å²) in [5.74, 6) is 0.633. The van der Waals surface area contributed by atoms with Crippen LogP contribution in [0.1, 0.15) is 20.8 Å². The standard InChI is InChI=1S/C11H16ClN3O2S/c1-11(2,3)18-6-8(16)14-10-13-7(12)5-9(15-10)17-4/h5H,6H2,1-4H3,(H,13,14,15,16). The van der Waals surface area contributed by atoms with E-state index in [9.17, 15) is 4.79 Å². The number of aromatic nitrogens is 2. The van der Waals surface area contributed by atoms with Crippen LogP contribution in [0.3, 0.4) is 0 Å². The van der Waals surface area contributed by atoms with Crippen molar-refractivity contribution in [3.05, 3.63) is 11.2 Å². The molecular weight excluding hydrogens is 274 g/mol. The number of hydrogen-bond acceptors (Lipinski definition) is 5. The summed E-state index contributed by atoms with van der Waals surface area (Å²) in [7, 11) is 1.47. The number of methoxy groups -OCH3 is 1. The van der Waals surface area contributed by atoms with Crippen molar-refractivity contribution in [2.75, 3.05) is 18.2 Å². The molecule has 1 N–H and O–H groups in total. The molecule has 0 saturated carbocycles. The Labute approximate surface area is 116 Å². The zero-order chi connectivity index (χ0) is 13.8. The minimum Gasteiger partial charge on any atom is -0.481 e. The van der Waals surface area contributed by atoms with Crippen LogP contribution in [0.25, 0.3) is 0 Å². The summed E-state index contributed by atoms with van der Waals surface area (Å²) in [6, 6.07) is 1.47. The average Bonchev–Trinajstić information content (AvgIpc) is 2.24. The molecule has 1 rings (SSSR count). The van der Waals surface area contributed by atoms with Crippen LogP contribution in [0.5, 0.6) is 5.88 Å². The first-order valence-electron chi connectivity index (χ1n) is 5.32. The van der Waals surface area contributed by atoms with E-state index in [4.69, 9.17) is 16.3 Å². The molecule has 18 heavy (non-hydrogen) atoms. The lowest BCUT2D eigenvalue weighted by molar-refractivity contribution is -0.113. The Balaban J connectivity index is 2.61. The van der Waals surface area contributed by atoms with E-state index >= 15 is 0 Å². The van der Waals surface area contributed by atoms with E-state index in [0.717, 1.165) is 0 Å². The summed E-state index contributed by atoms with van der Waals surface area (Å²) in [6.45, 7) is 6.14. The SMILES string of the molecule is COc1cc(Cl)nc(NC(=O)CSC(C)(C)C)n1. The second-order valence-electron chi connectivity index (χ2n) is 4.51. The third-order valence-corrected chi connectivity index (χ3v) is 3.23. The molecule has 1 amide bonds. The van der Waals surface area contributed by atoms with Crippen LogP contribution in [-0.2, 0) is 4.79 Å². The Morgan fingerprint density at radius 3 is 2.72 bits per heavy atom. The zero-order valence-electron chi connectivity index (χ0n) is 10.8. The van der Waals surface area contributed by atoms with Gasteiger partial charge in [-0.05, 0) is 0 Å². The van der Waals surface area contributed by atoms with Gasteiger partial charge in [-0.25, -0.2) is 4.98 Å². The van der Waals surface area contributed by atoms with Gasteiger partial charge < -0.3 is 4.74 Å². The van der Waals surface area contributed by atoms with E-state index in [1.54, 1.807) is 11.8 Å². The molecule has 0 radical (unpaired) electrons. The number of amides is 1. The summed E-state index contributed by atoms with van der Waals surface area (Å²) in [5.41, 5.74) is 0. The van der Waals surface area contributed by atoms with Gasteiger partial charge in [-0.3, -0.25) is 10.1 Å². The van der Waals surface area contributed by atoms with Crippen molar-refractivity contribution in [2.45, 2.75) is 25.5 Å². The molecule has 1 aromatic rings. The lowest BCUT2D eigenvalue weighted by atomic mass is 10.3. The molecule has 1 heterocycles. The fourth-order valence-corrected chi connectivity index (χ4v) is 1.81. The maximum atomic E-state index is 11.7. The number of nitrogens with zero attached hydrogens (tertiary/aromatic N) is 2. The molecule has 0 aliphatic carbocycles. The van der Waals surface area contributed by atoms with Crippen molar-refractivity contribution in [3.8, 4) is 5.88 Å². The Morgan fingerprint density at radius 2 is 2.17 bits per heavy atom. The number of anilines is 1. The molecule has 7 heteroatoms. The van der Waals surface area contributed by atoms with Crippen molar-refractivity contribution in [1.82, 2.24) is 9.97 Å². The highest BCUT2D eigenvalue weighted by molar-refractivity contribution is 8.01. The second-order valence-corrected chi connectivity index (χ2v) is 6.70. The minimum atomic E-state index is -0.167. The number of thioether (sulfide) groups is 1. The molecule has 0 atom stereocenters. The average molecular weight is 290 g/mol. The first-order valence-corrected chi connectivity index (χ1v) is 6.69. The third kappa shape index (κ3) is 5.55. The van der Waals surface area contributed by atoms with Gasteiger partial charge in [0.1, 0.15) is 5.15 Å². The maximum Gasteiger partial charge on any atom is 0.236 e. The molecule has 0 fully saturated rings. The molecule has 0 unspecified atom stereocenters. The predicted octanol–water partition coefficient (Wildman–Crippen LogP) is 2.61. The monoisotopic (exact) mass is 289 g/mol. The zero-order valence-corrected chi connectivity index (χ0v) is 12.4. The van der Waals surface area contributed by atoms with Crippen LogP contribution in [0, 0.1) is 0 Å². The van der Waals surface area contributed by atoms with E-state index in [-0.39, 0.29) is 21.8 Å². The Hall–Kier alpha value is -1.01. The van der Waals surface area contributed by atoms with Gasteiger partial charge in [0, 0.05) is 10.8 Å². The van der Waals surface area contributed by atoms with Crippen molar-refractivity contribution in [1.29, 1.82) is 0 Å². The van der Waals surface area contributed by atoms with E-state index in [0.29, 0.717) is 11.6 Å². The van der Waals surface area contributed by atoms with E-state index < -0.39 is 0 Å². The van der Waals surface area contributed by atoms with Crippen LogP contribution < -0.4 is 10.1 Å². The maximum absolute atomic E-state index is 11.7. The van der Waals surface area contributed by atoms with Crippen molar-refractivity contribution in [2.24, 2.45) is 0 Å². The Morgan fingerprint density at radius 1 is 1.50 bits per heavy atom. The molecule has 0 bridgehead atoms. The van der Waals surface area contributed by atoms with Crippen molar-refractivity contribution >= 4 is 35.2 Å². The van der Waals surface area contributed by atoms with E-state index in [1.165, 1.54) is 13.2 Å². The van der Waals surface area contributed by atoms with Crippen molar-refractivity contribution < 1.29 is 9.53 Å². The van der Waals surface area contributed by atoms with Gasteiger partial charge in [0.25, 0.3) is 0 Å². The molecule has 100 valence electrons. The Kier molecular flexibility index (Phi) is 5.22. The van der Waals surface area contributed by atoms with Gasteiger partial charge >= 0.3 is 0 Å². The quantitative estimate of drug-likeness (QED) is 0.863. The van der Waals surface area contributed by atoms with Crippen LogP contribution >= 0.6 is 23.4 Å². The lowest BCUT2D eigenvalue weighted by Crippen LogP contribution is -2.20. The van der Waals surface area contributed by atoms with Gasteiger partial charge in [0.15, 0.2) is 0 Å². The Bertz CT molecular complexity index is 435. The van der Waals surface area contributed by atoms with Crippen molar-refractivity contribution in [3.63, 3.8) is 0 Å². The number of carbonyl (C=O) groups is 1. The van der Waals surface area contributed by atoms with Crippen LogP contribution in [0.4, 0.5) is 5.95 Å². The van der Waals surface area contributed by atoms with Crippen LogP contribution in [0.15, 0.2) is 6.07 Å². The first kappa shape index (κ1) is 15.0. The fraction of sp³-hybridized carbons (Fsp3) is 0.545. The number of ether oxygens (including phenoxy) is 1. The number of nitrogens with one attached hydrogen (secondary N) is 1. The fourth-order valence-electron chi connectivity index (χ4n) is 1.00.